The number of allylic oxidation sites excluding steroid dienone is 12. The minimum atomic E-state index is -4.39. The number of esters is 2. The van der Waals surface area contributed by atoms with Crippen LogP contribution in [0.5, 0.6) is 0 Å². The summed E-state index contributed by atoms with van der Waals surface area (Å²) in [6.45, 7) is 3.49. The molecule has 0 amide bonds. The SMILES string of the molecule is CC/C=C\C/C=C\C/C=C\C/C=C\C/C=C\C/C=C\CCC(=O)OC[C@H](COP(=O)(O)OCCN)OC(=O)CCCCCCCCCCCCC. The summed E-state index contributed by atoms with van der Waals surface area (Å²) in [4.78, 5) is 34.7. The molecule has 0 heterocycles. The Morgan fingerprint density at radius 2 is 1.08 bits per heavy atom. The molecule has 0 aliphatic rings. The Balaban J connectivity index is 4.34. The molecule has 9 nitrogen and oxygen atoms in total. The predicted octanol–water partition coefficient (Wildman–Crippen LogP) is 10.7. The molecule has 0 fully saturated rings. The highest BCUT2D eigenvalue weighted by Crippen LogP contribution is 2.43. The van der Waals surface area contributed by atoms with Crippen molar-refractivity contribution in [2.75, 3.05) is 26.4 Å². The second kappa shape index (κ2) is 37.2. The first-order valence-corrected chi connectivity index (χ1v) is 20.9. The van der Waals surface area contributed by atoms with E-state index in [1.165, 1.54) is 44.9 Å². The first-order chi connectivity index (χ1) is 24.8. The van der Waals surface area contributed by atoms with Gasteiger partial charge in [-0.2, -0.15) is 0 Å². The van der Waals surface area contributed by atoms with Crippen LogP contribution in [0.4, 0.5) is 0 Å². The second-order valence-electron chi connectivity index (χ2n) is 12.4. The Labute approximate surface area is 310 Å². The van der Waals surface area contributed by atoms with E-state index in [1.807, 2.05) is 12.2 Å². The van der Waals surface area contributed by atoms with E-state index >= 15 is 0 Å². The van der Waals surface area contributed by atoms with Crippen LogP contribution in [-0.2, 0) is 32.7 Å². The summed E-state index contributed by atoms with van der Waals surface area (Å²) >= 11 is 0. The molecule has 0 bridgehead atoms. The highest BCUT2D eigenvalue weighted by Gasteiger charge is 2.25. The fourth-order valence-electron chi connectivity index (χ4n) is 4.78. The third-order valence-electron chi connectivity index (χ3n) is 7.62. The van der Waals surface area contributed by atoms with Gasteiger partial charge >= 0.3 is 19.8 Å². The summed E-state index contributed by atoms with van der Waals surface area (Å²) in [6.07, 6.45) is 43.8. The normalized spacial score (nSPS) is 14.2. The van der Waals surface area contributed by atoms with E-state index < -0.39 is 32.5 Å². The standard InChI is InChI=1S/C41H70NO8P/c1-3-5-7-9-11-13-15-16-17-18-19-20-21-22-24-25-27-29-31-33-40(43)47-37-39(38-49-51(45,46)48-36-35-42)50-41(44)34-32-30-28-26-23-14-12-10-8-6-4-2/h5,7,11,13,16-17,19-20,22,24,27,29,39H,3-4,6,8-10,12,14-15,18,21,23,25-26,28,30-38,42H2,1-2H3,(H,45,46)/b7-5-,13-11-,17-16-,20-19-,24-22-,29-27-/t39-/m1/s1. The van der Waals surface area contributed by atoms with Crippen LogP contribution in [-0.4, -0.2) is 49.3 Å². The van der Waals surface area contributed by atoms with Crippen LogP contribution < -0.4 is 5.73 Å². The van der Waals surface area contributed by atoms with Gasteiger partial charge in [0.15, 0.2) is 6.10 Å². The maximum absolute atomic E-state index is 12.5. The summed E-state index contributed by atoms with van der Waals surface area (Å²) < 4.78 is 32.5. The van der Waals surface area contributed by atoms with Gasteiger partial charge in [-0.1, -0.05) is 151 Å². The van der Waals surface area contributed by atoms with Crippen LogP contribution in [0.15, 0.2) is 72.9 Å². The van der Waals surface area contributed by atoms with Crippen LogP contribution in [0.2, 0.25) is 0 Å². The topological polar surface area (TPSA) is 134 Å². The summed E-state index contributed by atoms with van der Waals surface area (Å²) in [5.74, 6) is -0.934. The first kappa shape index (κ1) is 48.5. The molecule has 0 rings (SSSR count). The smallest absolute Gasteiger partial charge is 0.462 e. The number of hydrogen-bond donors (Lipinski definition) is 2. The van der Waals surface area contributed by atoms with Crippen molar-refractivity contribution in [2.24, 2.45) is 5.73 Å². The van der Waals surface area contributed by atoms with E-state index in [2.05, 4.69) is 74.6 Å². The molecule has 0 aliphatic heterocycles. The number of hydrogen-bond acceptors (Lipinski definition) is 8. The lowest BCUT2D eigenvalue weighted by Crippen LogP contribution is -2.29. The third kappa shape index (κ3) is 37.0. The van der Waals surface area contributed by atoms with Gasteiger partial charge in [0.25, 0.3) is 0 Å². The molecule has 0 aliphatic carbocycles. The van der Waals surface area contributed by atoms with E-state index in [1.54, 1.807) is 0 Å². The summed E-state index contributed by atoms with van der Waals surface area (Å²) in [5.41, 5.74) is 5.32. The number of unbranched alkanes of at least 4 members (excludes halogenated alkanes) is 10. The van der Waals surface area contributed by atoms with Crippen LogP contribution in [0.25, 0.3) is 0 Å². The molecule has 0 aromatic carbocycles. The Hall–Kier alpha value is -2.55. The van der Waals surface area contributed by atoms with Crippen LogP contribution >= 0.6 is 7.82 Å². The monoisotopic (exact) mass is 735 g/mol. The first-order valence-electron chi connectivity index (χ1n) is 19.4. The second-order valence-corrected chi connectivity index (χ2v) is 13.9. The molecular weight excluding hydrogens is 665 g/mol. The Bertz CT molecular complexity index is 1070. The van der Waals surface area contributed by atoms with Crippen molar-refractivity contribution in [3.8, 4) is 0 Å². The minimum Gasteiger partial charge on any atom is -0.462 e. The molecule has 292 valence electrons. The van der Waals surface area contributed by atoms with Crippen LogP contribution in [0, 0.1) is 0 Å². The number of phosphoric acid groups is 1. The quantitative estimate of drug-likeness (QED) is 0.0282. The summed E-state index contributed by atoms with van der Waals surface area (Å²) in [5, 5.41) is 0. The van der Waals surface area contributed by atoms with E-state index in [0.29, 0.717) is 12.8 Å². The number of rotatable bonds is 35. The molecule has 10 heteroatoms. The highest BCUT2D eigenvalue weighted by molar-refractivity contribution is 7.47. The van der Waals surface area contributed by atoms with Gasteiger partial charge in [0.05, 0.1) is 13.2 Å². The van der Waals surface area contributed by atoms with E-state index in [0.717, 1.165) is 57.8 Å². The fourth-order valence-corrected chi connectivity index (χ4v) is 5.54. The van der Waals surface area contributed by atoms with Gasteiger partial charge in [-0.05, 0) is 51.4 Å². The van der Waals surface area contributed by atoms with Gasteiger partial charge in [0.1, 0.15) is 6.61 Å². The number of nitrogens with two attached hydrogens (primary N) is 1. The lowest BCUT2D eigenvalue weighted by molar-refractivity contribution is -0.161. The number of carbonyl (C=O) groups excluding carboxylic acids is 2. The van der Waals surface area contributed by atoms with E-state index in [4.69, 9.17) is 24.3 Å². The zero-order valence-corrected chi connectivity index (χ0v) is 32.7. The third-order valence-corrected chi connectivity index (χ3v) is 8.60. The molecule has 2 atom stereocenters. The minimum absolute atomic E-state index is 0.0413. The summed E-state index contributed by atoms with van der Waals surface area (Å²) in [6, 6.07) is 0. The largest absolute Gasteiger partial charge is 0.472 e. The number of carbonyl (C=O) groups is 2. The summed E-state index contributed by atoms with van der Waals surface area (Å²) in [7, 11) is -4.39. The molecule has 0 aromatic rings. The average molecular weight is 736 g/mol. The Kier molecular flexibility index (Phi) is 35.4. The molecule has 0 spiro atoms. The van der Waals surface area contributed by atoms with Gasteiger partial charge in [-0.25, -0.2) is 4.57 Å². The lowest BCUT2D eigenvalue weighted by Gasteiger charge is -2.19. The van der Waals surface area contributed by atoms with Gasteiger partial charge in [0, 0.05) is 19.4 Å². The zero-order chi connectivity index (χ0) is 37.5. The van der Waals surface area contributed by atoms with Gasteiger partial charge in [0.2, 0.25) is 0 Å². The van der Waals surface area contributed by atoms with Crippen LogP contribution in [0.1, 0.15) is 142 Å². The van der Waals surface area contributed by atoms with Gasteiger partial charge < -0.3 is 20.1 Å². The van der Waals surface area contributed by atoms with Crippen molar-refractivity contribution in [1.29, 1.82) is 0 Å². The molecule has 0 aromatic heterocycles. The lowest BCUT2D eigenvalue weighted by atomic mass is 10.1. The molecular formula is C41H70NO8P. The molecule has 3 N–H and O–H groups in total. The van der Waals surface area contributed by atoms with E-state index in [-0.39, 0.29) is 32.6 Å². The maximum atomic E-state index is 12.5. The van der Waals surface area contributed by atoms with E-state index in [9.17, 15) is 19.0 Å². The van der Waals surface area contributed by atoms with Gasteiger partial charge in [-0.3, -0.25) is 18.6 Å². The Morgan fingerprint density at radius 3 is 1.57 bits per heavy atom. The zero-order valence-electron chi connectivity index (χ0n) is 31.8. The van der Waals surface area contributed by atoms with Crippen molar-refractivity contribution < 1.29 is 37.6 Å². The van der Waals surface area contributed by atoms with Crippen LogP contribution in [0.3, 0.4) is 0 Å². The van der Waals surface area contributed by atoms with Crippen molar-refractivity contribution in [3.63, 3.8) is 0 Å². The highest BCUT2D eigenvalue weighted by atomic mass is 31.2. The molecule has 1 unspecified atom stereocenters. The molecule has 0 radical (unpaired) electrons. The molecule has 0 saturated carbocycles. The average Bonchev–Trinajstić information content (AvgIpc) is 3.11. The van der Waals surface area contributed by atoms with Crippen molar-refractivity contribution in [1.82, 2.24) is 0 Å². The number of phosphoric ester groups is 1. The van der Waals surface area contributed by atoms with Crippen molar-refractivity contribution >= 4 is 19.8 Å². The fraction of sp³-hybridized carbons (Fsp3) is 0.659. The molecule has 0 saturated heterocycles. The number of ether oxygens (including phenoxy) is 2. The Morgan fingerprint density at radius 1 is 0.608 bits per heavy atom. The van der Waals surface area contributed by atoms with Crippen molar-refractivity contribution in [2.45, 2.75) is 148 Å². The maximum Gasteiger partial charge on any atom is 0.472 e. The van der Waals surface area contributed by atoms with Crippen molar-refractivity contribution in [3.05, 3.63) is 72.9 Å². The molecule has 51 heavy (non-hydrogen) atoms. The van der Waals surface area contributed by atoms with Gasteiger partial charge in [-0.15, -0.1) is 0 Å². The predicted molar refractivity (Wildman–Crippen MR) is 210 cm³/mol.